The summed E-state index contributed by atoms with van der Waals surface area (Å²) < 4.78 is 14.7. The van der Waals surface area contributed by atoms with Crippen molar-refractivity contribution in [3.8, 4) is 11.4 Å². The molecule has 1 N–H and O–H groups in total. The molecule has 7 nitrogen and oxygen atoms in total. The smallest absolute Gasteiger partial charge is 0.255 e. The summed E-state index contributed by atoms with van der Waals surface area (Å²) in [6.07, 6.45) is 4.99. The van der Waals surface area contributed by atoms with E-state index in [0.29, 0.717) is 23.8 Å². The summed E-state index contributed by atoms with van der Waals surface area (Å²) in [5, 5.41) is 11.7. The number of likely N-dealkylation sites (tertiary alicyclic amines) is 1. The monoisotopic (exact) mass is 404 g/mol. The predicted octanol–water partition coefficient (Wildman–Crippen LogP) is 3.10. The minimum atomic E-state index is -0.499. The van der Waals surface area contributed by atoms with Crippen LogP contribution in [0, 0.1) is 18.7 Å². The van der Waals surface area contributed by atoms with Crippen molar-refractivity contribution in [1.29, 1.82) is 0 Å². The zero-order valence-corrected chi connectivity index (χ0v) is 16.5. The van der Waals surface area contributed by atoms with Crippen LogP contribution in [0.3, 0.4) is 0 Å². The van der Waals surface area contributed by atoms with Gasteiger partial charge in [-0.2, -0.15) is 5.10 Å². The Morgan fingerprint density at radius 2 is 1.93 bits per heavy atom. The van der Waals surface area contributed by atoms with E-state index in [2.05, 4.69) is 25.5 Å². The Labute approximate surface area is 173 Å². The van der Waals surface area contributed by atoms with Crippen molar-refractivity contribution in [1.82, 2.24) is 25.1 Å². The third-order valence-corrected chi connectivity index (χ3v) is 5.91. The molecule has 3 aromatic rings. The van der Waals surface area contributed by atoms with Crippen molar-refractivity contribution in [3.63, 3.8) is 0 Å². The molecule has 5 rings (SSSR count). The van der Waals surface area contributed by atoms with E-state index < -0.39 is 5.82 Å². The second-order valence-electron chi connectivity index (χ2n) is 7.91. The number of carbonyl (C=O) groups excluding carboxylic acids is 1. The lowest BCUT2D eigenvalue weighted by atomic mass is 10.0. The Morgan fingerprint density at radius 3 is 2.67 bits per heavy atom. The van der Waals surface area contributed by atoms with E-state index in [9.17, 15) is 9.18 Å². The van der Waals surface area contributed by atoms with Crippen molar-refractivity contribution in [2.24, 2.45) is 5.92 Å². The molecule has 1 aromatic carbocycles. The maximum absolute atomic E-state index is 14.7. The molecule has 3 heterocycles. The fraction of sp³-hybridized carbons (Fsp3) is 0.318. The standard InChI is InChI=1S/C22H21FN6O/c1-13-6-7-19(28-27-13)26-17-10-14-11-18(17)29(12-14)22(30)15-4-2-5-16(23)20(15)21-24-8-3-9-25-21/h2-9,14,17-18H,10-12H2,1H3,(H,26,28). The molecule has 8 heteroatoms. The average molecular weight is 404 g/mol. The number of benzene rings is 1. The minimum absolute atomic E-state index is 0.0263. The number of nitrogens with one attached hydrogen (secondary N) is 1. The molecule has 3 unspecified atom stereocenters. The van der Waals surface area contributed by atoms with Crippen molar-refractivity contribution in [3.05, 3.63) is 65.9 Å². The maximum Gasteiger partial charge on any atom is 0.255 e. The summed E-state index contributed by atoms with van der Waals surface area (Å²) in [4.78, 5) is 23.6. The highest BCUT2D eigenvalue weighted by Gasteiger charge is 2.47. The maximum atomic E-state index is 14.7. The minimum Gasteiger partial charge on any atom is -0.364 e. The van der Waals surface area contributed by atoms with Crippen LogP contribution in [0.2, 0.25) is 0 Å². The number of hydrogen-bond donors (Lipinski definition) is 1. The first-order chi connectivity index (χ1) is 14.6. The first-order valence-corrected chi connectivity index (χ1v) is 10.0. The Kier molecular flexibility index (Phi) is 4.61. The van der Waals surface area contributed by atoms with Crippen molar-refractivity contribution in [2.75, 3.05) is 11.9 Å². The van der Waals surface area contributed by atoms with Crippen molar-refractivity contribution in [2.45, 2.75) is 31.8 Å². The fourth-order valence-electron chi connectivity index (χ4n) is 4.59. The number of fused-ring (bicyclic) bond motifs is 2. The number of rotatable bonds is 4. The molecule has 2 aliphatic rings. The molecule has 3 atom stereocenters. The van der Waals surface area contributed by atoms with Gasteiger partial charge in [0.25, 0.3) is 5.91 Å². The summed E-state index contributed by atoms with van der Waals surface area (Å²) >= 11 is 0. The first-order valence-electron chi connectivity index (χ1n) is 10.0. The van der Waals surface area contributed by atoms with Crippen LogP contribution in [-0.2, 0) is 0 Å². The van der Waals surface area contributed by atoms with Gasteiger partial charge in [0.05, 0.1) is 22.9 Å². The second-order valence-corrected chi connectivity index (χ2v) is 7.91. The molecule has 152 valence electrons. The van der Waals surface area contributed by atoms with Crippen LogP contribution >= 0.6 is 0 Å². The summed E-state index contributed by atoms with van der Waals surface area (Å²) in [6, 6.07) is 10.1. The summed E-state index contributed by atoms with van der Waals surface area (Å²) in [6.45, 7) is 2.56. The van der Waals surface area contributed by atoms with E-state index in [1.165, 1.54) is 6.07 Å². The molecule has 1 amide bonds. The van der Waals surface area contributed by atoms with Crippen LogP contribution in [-0.4, -0.2) is 49.6 Å². The molecule has 2 aromatic heterocycles. The van der Waals surface area contributed by atoms with Gasteiger partial charge in [-0.3, -0.25) is 4.79 Å². The van der Waals surface area contributed by atoms with Gasteiger partial charge >= 0.3 is 0 Å². The van der Waals surface area contributed by atoms with E-state index in [-0.39, 0.29) is 29.4 Å². The highest BCUT2D eigenvalue weighted by molar-refractivity contribution is 6.00. The molecule has 0 radical (unpaired) electrons. The number of aromatic nitrogens is 4. The van der Waals surface area contributed by atoms with Gasteiger partial charge in [0.15, 0.2) is 5.82 Å². The fourth-order valence-corrected chi connectivity index (χ4v) is 4.59. The Balaban J connectivity index is 1.42. The normalized spacial score (nSPS) is 22.3. The Hall–Kier alpha value is -3.42. The first kappa shape index (κ1) is 18.6. The van der Waals surface area contributed by atoms with Gasteiger partial charge in [-0.15, -0.1) is 5.10 Å². The topological polar surface area (TPSA) is 83.9 Å². The van der Waals surface area contributed by atoms with Crippen LogP contribution in [0.5, 0.6) is 0 Å². The van der Waals surface area contributed by atoms with E-state index in [1.807, 2.05) is 24.0 Å². The zero-order chi connectivity index (χ0) is 20.7. The number of nitrogens with zero attached hydrogens (tertiary/aromatic N) is 5. The van der Waals surface area contributed by atoms with Crippen LogP contribution in [0.4, 0.5) is 10.2 Å². The van der Waals surface area contributed by atoms with E-state index in [0.717, 1.165) is 18.5 Å². The van der Waals surface area contributed by atoms with Gasteiger partial charge in [-0.1, -0.05) is 6.07 Å². The third kappa shape index (κ3) is 3.28. The van der Waals surface area contributed by atoms with Crippen LogP contribution in [0.15, 0.2) is 48.8 Å². The quantitative estimate of drug-likeness (QED) is 0.719. The summed E-state index contributed by atoms with van der Waals surface area (Å²) in [7, 11) is 0. The molecule has 0 spiro atoms. The number of amides is 1. The number of anilines is 1. The average Bonchev–Trinajstić information content (AvgIpc) is 3.36. The van der Waals surface area contributed by atoms with Gasteiger partial charge in [0.1, 0.15) is 11.6 Å². The lowest BCUT2D eigenvalue weighted by Crippen LogP contribution is -2.48. The lowest BCUT2D eigenvalue weighted by molar-refractivity contribution is 0.0692. The third-order valence-electron chi connectivity index (χ3n) is 5.91. The predicted molar refractivity (Wildman–Crippen MR) is 109 cm³/mol. The van der Waals surface area contributed by atoms with Crippen molar-refractivity contribution < 1.29 is 9.18 Å². The number of halogens is 1. The molecule has 2 bridgehead atoms. The molecular weight excluding hydrogens is 383 g/mol. The number of carbonyl (C=O) groups is 1. The largest absolute Gasteiger partial charge is 0.364 e. The highest BCUT2D eigenvalue weighted by atomic mass is 19.1. The highest BCUT2D eigenvalue weighted by Crippen LogP contribution is 2.40. The Morgan fingerprint density at radius 1 is 1.10 bits per heavy atom. The summed E-state index contributed by atoms with van der Waals surface area (Å²) in [5.74, 6) is 0.648. The van der Waals surface area contributed by atoms with Crippen LogP contribution in [0.1, 0.15) is 28.9 Å². The van der Waals surface area contributed by atoms with Gasteiger partial charge in [0.2, 0.25) is 0 Å². The molecule has 2 fully saturated rings. The summed E-state index contributed by atoms with van der Waals surface area (Å²) in [5.41, 5.74) is 1.30. The SMILES string of the molecule is Cc1ccc(NC2CC3CC2N(C(=O)c2cccc(F)c2-c2ncccn2)C3)nn1. The van der Waals surface area contributed by atoms with E-state index in [4.69, 9.17) is 0 Å². The molecule has 1 saturated carbocycles. The molecule has 1 aliphatic carbocycles. The van der Waals surface area contributed by atoms with Gasteiger partial charge in [-0.05, 0) is 56.0 Å². The molecular formula is C22H21FN6O. The van der Waals surface area contributed by atoms with Gasteiger partial charge in [-0.25, -0.2) is 14.4 Å². The molecule has 1 saturated heterocycles. The van der Waals surface area contributed by atoms with E-state index in [1.54, 1.807) is 30.6 Å². The Bertz CT molecular complexity index is 1070. The van der Waals surface area contributed by atoms with Crippen LogP contribution < -0.4 is 5.32 Å². The lowest BCUT2D eigenvalue weighted by Gasteiger charge is -2.34. The molecule has 30 heavy (non-hydrogen) atoms. The number of hydrogen-bond acceptors (Lipinski definition) is 6. The van der Waals surface area contributed by atoms with Crippen molar-refractivity contribution >= 4 is 11.7 Å². The van der Waals surface area contributed by atoms with Gasteiger partial charge in [0, 0.05) is 25.0 Å². The number of aryl methyl sites for hydroxylation is 1. The van der Waals surface area contributed by atoms with E-state index >= 15 is 0 Å². The van der Waals surface area contributed by atoms with Crippen LogP contribution in [0.25, 0.3) is 11.4 Å². The number of piperidine rings is 1. The molecule has 1 aliphatic heterocycles. The zero-order valence-electron chi connectivity index (χ0n) is 16.5. The van der Waals surface area contributed by atoms with Gasteiger partial charge < -0.3 is 10.2 Å². The second kappa shape index (κ2) is 7.44.